The van der Waals surface area contributed by atoms with Gasteiger partial charge in [0, 0.05) is 50.4 Å². The molecule has 2 aliphatic heterocycles. The largest absolute Gasteiger partial charge is 0.319 e. The molecule has 2 aliphatic rings. The highest BCUT2D eigenvalue weighted by Gasteiger charge is 2.33. The minimum atomic E-state index is -3.48. The van der Waals surface area contributed by atoms with E-state index >= 15 is 0 Å². The van der Waals surface area contributed by atoms with Crippen LogP contribution in [0.1, 0.15) is 25.7 Å². The van der Waals surface area contributed by atoms with Gasteiger partial charge in [0.1, 0.15) is 5.69 Å². The molecule has 0 spiro atoms. The number of halogens is 1. The fourth-order valence-corrected chi connectivity index (χ4v) is 5.55. The first-order valence-corrected chi connectivity index (χ1v) is 11.8. The smallest absolute Gasteiger partial charge is 0.294 e. The number of nitrogens with zero attached hydrogens (tertiary/aromatic N) is 4. The van der Waals surface area contributed by atoms with Gasteiger partial charge in [0.05, 0.1) is 11.5 Å². The Morgan fingerprint density at radius 2 is 1.63 bits per heavy atom. The molecule has 30 heavy (non-hydrogen) atoms. The minimum Gasteiger partial charge on any atom is -0.319 e. The van der Waals surface area contributed by atoms with Gasteiger partial charge >= 0.3 is 0 Å². The summed E-state index contributed by atoms with van der Waals surface area (Å²) in [4.78, 5) is 24.7. The van der Waals surface area contributed by atoms with E-state index in [1.54, 1.807) is 4.31 Å². The lowest BCUT2D eigenvalue weighted by atomic mass is 10.2. The molecule has 0 aromatic heterocycles. The van der Waals surface area contributed by atoms with Crippen molar-refractivity contribution in [3.05, 3.63) is 33.3 Å². The summed E-state index contributed by atoms with van der Waals surface area (Å²) in [6, 6.07) is 4.05. The van der Waals surface area contributed by atoms with Gasteiger partial charge in [-0.1, -0.05) is 24.4 Å². The van der Waals surface area contributed by atoms with Gasteiger partial charge in [0.2, 0.25) is 5.91 Å². The zero-order valence-corrected chi connectivity index (χ0v) is 18.2. The van der Waals surface area contributed by atoms with E-state index in [2.05, 4.69) is 5.32 Å². The summed E-state index contributed by atoms with van der Waals surface area (Å²) < 4.78 is 28.8. The van der Waals surface area contributed by atoms with Crippen LogP contribution in [0, 0.1) is 10.1 Å². The Hall–Kier alpha value is -1.79. The highest BCUT2D eigenvalue weighted by molar-refractivity contribution is 7.86. The van der Waals surface area contributed by atoms with Gasteiger partial charge in [-0.15, -0.1) is 0 Å². The highest BCUT2D eigenvalue weighted by Crippen LogP contribution is 2.27. The second-order valence-electron chi connectivity index (χ2n) is 7.46. The summed E-state index contributed by atoms with van der Waals surface area (Å²) in [5.41, 5.74) is -0.194. The SMILES string of the molecule is O=C(CN1CCN(S(=O)(=O)N2CCCCCC2)CC1)Nc1ccc(Cl)cc1[N+](=O)[O-]. The maximum atomic E-state index is 12.9. The van der Waals surface area contributed by atoms with Crippen LogP contribution in [0.3, 0.4) is 0 Å². The second-order valence-corrected chi connectivity index (χ2v) is 9.83. The monoisotopic (exact) mass is 459 g/mol. The molecule has 0 aliphatic carbocycles. The van der Waals surface area contributed by atoms with Crippen LogP contribution in [0.15, 0.2) is 18.2 Å². The Balaban J connectivity index is 1.53. The lowest BCUT2D eigenvalue weighted by Gasteiger charge is -2.36. The van der Waals surface area contributed by atoms with Crippen molar-refractivity contribution < 1.29 is 18.1 Å². The number of nitro benzene ring substituents is 1. The van der Waals surface area contributed by atoms with E-state index < -0.39 is 21.0 Å². The molecule has 0 bridgehead atoms. The predicted octanol–water partition coefficient (Wildman–Crippen LogP) is 1.93. The van der Waals surface area contributed by atoms with E-state index in [0.717, 1.165) is 25.7 Å². The van der Waals surface area contributed by atoms with Crippen LogP contribution in [0.5, 0.6) is 0 Å². The molecule has 3 rings (SSSR count). The molecule has 1 N–H and O–H groups in total. The normalized spacial score (nSPS) is 19.9. The molecular weight excluding hydrogens is 434 g/mol. The summed E-state index contributed by atoms with van der Waals surface area (Å²) in [6.07, 6.45) is 3.88. The zero-order chi connectivity index (χ0) is 21.7. The number of benzene rings is 1. The van der Waals surface area contributed by atoms with Crippen LogP contribution < -0.4 is 5.32 Å². The fraction of sp³-hybridized carbons (Fsp3) is 0.611. The maximum Gasteiger partial charge on any atom is 0.294 e. The lowest BCUT2D eigenvalue weighted by molar-refractivity contribution is -0.383. The standard InChI is InChI=1S/C18H26ClN5O5S/c19-15-5-6-16(17(13-15)24(26)27)20-18(25)14-21-9-11-23(12-10-21)30(28,29)22-7-3-1-2-4-8-22/h5-6,13H,1-4,7-12,14H2,(H,20,25). The first-order valence-electron chi connectivity index (χ1n) is 9.99. The van der Waals surface area contributed by atoms with Crippen LogP contribution >= 0.6 is 11.6 Å². The molecule has 1 aromatic carbocycles. The van der Waals surface area contributed by atoms with Crippen molar-refractivity contribution in [2.75, 3.05) is 51.1 Å². The van der Waals surface area contributed by atoms with Crippen LogP contribution in [-0.4, -0.2) is 78.6 Å². The number of amides is 1. The molecular formula is C18H26ClN5O5S. The van der Waals surface area contributed by atoms with Crippen molar-refractivity contribution in [1.82, 2.24) is 13.5 Å². The summed E-state index contributed by atoms with van der Waals surface area (Å²) in [7, 11) is -3.48. The van der Waals surface area contributed by atoms with Crippen molar-refractivity contribution in [3.8, 4) is 0 Å². The van der Waals surface area contributed by atoms with Gasteiger partial charge in [0.15, 0.2) is 0 Å². The molecule has 10 nitrogen and oxygen atoms in total. The Kier molecular flexibility index (Phi) is 7.64. The molecule has 12 heteroatoms. The Labute approximate surface area is 181 Å². The third-order valence-corrected chi connectivity index (χ3v) is 7.62. The van der Waals surface area contributed by atoms with Crippen molar-refractivity contribution in [2.45, 2.75) is 25.7 Å². The molecule has 0 radical (unpaired) electrons. The minimum absolute atomic E-state index is 0.0252. The number of nitrogens with one attached hydrogen (secondary N) is 1. The summed E-state index contributed by atoms with van der Waals surface area (Å²) in [5.74, 6) is -0.399. The highest BCUT2D eigenvalue weighted by atomic mass is 35.5. The third-order valence-electron chi connectivity index (χ3n) is 5.35. The molecule has 166 valence electrons. The Morgan fingerprint density at radius 1 is 1.03 bits per heavy atom. The second kappa shape index (κ2) is 10.0. The maximum absolute atomic E-state index is 12.9. The number of rotatable bonds is 6. The van der Waals surface area contributed by atoms with Gasteiger partial charge in [-0.25, -0.2) is 0 Å². The quantitative estimate of drug-likeness (QED) is 0.513. The summed E-state index contributed by atoms with van der Waals surface area (Å²) >= 11 is 5.79. The third kappa shape index (κ3) is 5.67. The number of piperazine rings is 1. The van der Waals surface area contributed by atoms with Crippen LogP contribution in [0.25, 0.3) is 0 Å². The average Bonchev–Trinajstić information content (AvgIpc) is 3.00. The number of nitro groups is 1. The molecule has 1 amide bonds. The number of hydrogen-bond acceptors (Lipinski definition) is 6. The average molecular weight is 460 g/mol. The summed E-state index contributed by atoms with van der Waals surface area (Å²) in [5, 5.41) is 13.9. The topological polar surface area (TPSA) is 116 Å². The van der Waals surface area contributed by atoms with Crippen molar-refractivity contribution >= 4 is 39.1 Å². The molecule has 0 atom stereocenters. The van der Waals surface area contributed by atoms with Gasteiger partial charge in [-0.3, -0.25) is 19.8 Å². The first kappa shape index (κ1) is 22.9. The molecule has 1 aromatic rings. The van der Waals surface area contributed by atoms with Gasteiger partial charge < -0.3 is 5.32 Å². The predicted molar refractivity (Wildman–Crippen MR) is 114 cm³/mol. The van der Waals surface area contributed by atoms with Gasteiger partial charge in [-0.2, -0.15) is 17.0 Å². The molecule has 2 heterocycles. The number of carbonyl (C=O) groups excluding carboxylic acids is 1. The van der Waals surface area contributed by atoms with E-state index in [1.165, 1.54) is 22.5 Å². The number of anilines is 1. The van der Waals surface area contributed by atoms with E-state index in [4.69, 9.17) is 11.6 Å². The van der Waals surface area contributed by atoms with E-state index in [9.17, 15) is 23.3 Å². The van der Waals surface area contributed by atoms with Crippen molar-refractivity contribution in [1.29, 1.82) is 0 Å². The molecule has 2 saturated heterocycles. The molecule has 0 saturated carbocycles. The van der Waals surface area contributed by atoms with E-state index in [1.807, 2.05) is 4.90 Å². The van der Waals surface area contributed by atoms with Gasteiger partial charge in [-0.05, 0) is 25.0 Å². The fourth-order valence-electron chi connectivity index (χ4n) is 3.71. The van der Waals surface area contributed by atoms with Gasteiger partial charge in [0.25, 0.3) is 15.9 Å². The summed E-state index contributed by atoms with van der Waals surface area (Å²) in [6.45, 7) is 2.61. The Bertz CT molecular complexity index is 881. The number of carbonyl (C=O) groups is 1. The Morgan fingerprint density at radius 3 is 2.23 bits per heavy atom. The zero-order valence-electron chi connectivity index (χ0n) is 16.6. The molecule has 2 fully saturated rings. The molecule has 0 unspecified atom stereocenters. The first-order chi connectivity index (χ1) is 14.3. The van der Waals surface area contributed by atoms with Crippen molar-refractivity contribution in [3.63, 3.8) is 0 Å². The lowest BCUT2D eigenvalue weighted by Crippen LogP contribution is -2.54. The van der Waals surface area contributed by atoms with Crippen LogP contribution in [0.2, 0.25) is 5.02 Å². The van der Waals surface area contributed by atoms with E-state index in [0.29, 0.717) is 39.3 Å². The van der Waals surface area contributed by atoms with Crippen molar-refractivity contribution in [2.24, 2.45) is 0 Å². The van der Waals surface area contributed by atoms with E-state index in [-0.39, 0.29) is 22.9 Å². The number of hydrogen-bond donors (Lipinski definition) is 1. The van der Waals surface area contributed by atoms with Crippen LogP contribution in [-0.2, 0) is 15.0 Å². The van der Waals surface area contributed by atoms with Crippen LogP contribution in [0.4, 0.5) is 11.4 Å².